The van der Waals surface area contributed by atoms with Crippen molar-refractivity contribution in [1.82, 2.24) is 4.57 Å². The third kappa shape index (κ3) is 4.51. The Hall–Kier alpha value is -4.45. The number of methoxy groups -OCH3 is 1. The van der Waals surface area contributed by atoms with Crippen molar-refractivity contribution >= 4 is 27.6 Å². The zero-order valence-electron chi connectivity index (χ0n) is 19.3. The van der Waals surface area contributed by atoms with Crippen LogP contribution < -0.4 is 14.2 Å². The number of carbonyl (C=O) groups is 1. The van der Waals surface area contributed by atoms with Crippen molar-refractivity contribution < 1.29 is 24.1 Å². The van der Waals surface area contributed by atoms with Crippen LogP contribution in [0.3, 0.4) is 0 Å². The van der Waals surface area contributed by atoms with E-state index in [-0.39, 0.29) is 18.9 Å². The average Bonchev–Trinajstić information content (AvgIpc) is 3.20. The minimum absolute atomic E-state index is 0.118. The smallest absolute Gasteiger partial charge is 0.356 e. The van der Waals surface area contributed by atoms with Crippen LogP contribution in [0.15, 0.2) is 91.0 Å². The Morgan fingerprint density at radius 1 is 0.800 bits per heavy atom. The average molecular weight is 468 g/mol. The minimum atomic E-state index is -1.04. The molecule has 0 aliphatic carbocycles. The molecule has 1 N–H and O–H groups in total. The molecule has 176 valence electrons. The van der Waals surface area contributed by atoms with Crippen LogP contribution in [0.25, 0.3) is 21.7 Å². The summed E-state index contributed by atoms with van der Waals surface area (Å²) in [5.74, 6) is 0.828. The number of fused-ring (bicyclic) bond motifs is 2. The van der Waals surface area contributed by atoms with E-state index in [1.807, 2.05) is 91.0 Å². The summed E-state index contributed by atoms with van der Waals surface area (Å²) in [5, 5.41) is 13.0. The van der Waals surface area contributed by atoms with E-state index in [0.29, 0.717) is 12.3 Å². The molecule has 0 radical (unpaired) electrons. The van der Waals surface area contributed by atoms with Crippen molar-refractivity contribution in [3.8, 4) is 17.2 Å². The molecule has 0 saturated heterocycles. The fourth-order valence-electron chi connectivity index (χ4n) is 4.32. The number of rotatable bonds is 9. The van der Waals surface area contributed by atoms with Gasteiger partial charge in [-0.05, 0) is 41.3 Å². The van der Waals surface area contributed by atoms with Gasteiger partial charge in [0.15, 0.2) is 11.4 Å². The lowest BCUT2D eigenvalue weighted by molar-refractivity contribution is 0.0680. The van der Waals surface area contributed by atoms with Gasteiger partial charge in [-0.25, -0.2) is 4.79 Å². The maximum absolute atomic E-state index is 12.4. The van der Waals surface area contributed by atoms with E-state index >= 15 is 0 Å². The second-order valence-corrected chi connectivity index (χ2v) is 8.11. The molecule has 0 aliphatic rings. The number of carboxylic acid groups (broad SMARTS) is 1. The molecule has 35 heavy (non-hydrogen) atoms. The molecule has 0 fully saturated rings. The van der Waals surface area contributed by atoms with Gasteiger partial charge in [-0.1, -0.05) is 60.7 Å². The second kappa shape index (κ2) is 9.81. The van der Waals surface area contributed by atoms with E-state index in [1.165, 1.54) is 0 Å². The van der Waals surface area contributed by atoms with Crippen LogP contribution >= 0.6 is 0 Å². The molecule has 0 unspecified atom stereocenters. The predicted octanol–water partition coefficient (Wildman–Crippen LogP) is 6.01. The Labute approximate surface area is 202 Å². The second-order valence-electron chi connectivity index (χ2n) is 8.11. The molecule has 6 nitrogen and oxygen atoms in total. The van der Waals surface area contributed by atoms with Crippen LogP contribution in [0.2, 0.25) is 0 Å². The Morgan fingerprint density at radius 3 is 2.26 bits per heavy atom. The fraction of sp³-hybridized carbons (Fsp3) is 0.138. The molecule has 0 atom stereocenters. The highest BCUT2D eigenvalue weighted by Crippen LogP contribution is 2.34. The lowest BCUT2D eigenvalue weighted by Gasteiger charge is -2.12. The molecule has 4 aromatic carbocycles. The van der Waals surface area contributed by atoms with Gasteiger partial charge in [0.1, 0.15) is 24.7 Å². The van der Waals surface area contributed by atoms with Gasteiger partial charge in [0.05, 0.1) is 12.6 Å². The van der Waals surface area contributed by atoms with Crippen LogP contribution in [0, 0.1) is 0 Å². The first-order valence-electron chi connectivity index (χ1n) is 11.4. The summed E-state index contributed by atoms with van der Waals surface area (Å²) in [7, 11) is 1.62. The van der Waals surface area contributed by atoms with E-state index in [2.05, 4.69) is 0 Å². The van der Waals surface area contributed by atoms with Gasteiger partial charge < -0.3 is 23.9 Å². The fourth-order valence-corrected chi connectivity index (χ4v) is 4.32. The summed E-state index contributed by atoms with van der Waals surface area (Å²) >= 11 is 0. The molecule has 0 bridgehead atoms. The molecule has 0 aliphatic heterocycles. The molecule has 5 aromatic rings. The van der Waals surface area contributed by atoms with Gasteiger partial charge in [0.2, 0.25) is 0 Å². The Kier molecular flexibility index (Phi) is 6.26. The first kappa shape index (κ1) is 22.3. The SMILES string of the molecule is COc1ccc(Cn2c(C(=O)O)c(OCCOc3cccc4ccccc34)c3ccccc32)cc1. The van der Waals surface area contributed by atoms with Crippen molar-refractivity contribution in [1.29, 1.82) is 0 Å². The normalized spacial score (nSPS) is 11.0. The molecule has 0 amide bonds. The zero-order valence-corrected chi connectivity index (χ0v) is 19.3. The lowest BCUT2D eigenvalue weighted by atomic mass is 10.1. The van der Waals surface area contributed by atoms with E-state index in [9.17, 15) is 9.90 Å². The quantitative estimate of drug-likeness (QED) is 0.269. The Balaban J connectivity index is 1.40. The van der Waals surface area contributed by atoms with E-state index in [4.69, 9.17) is 14.2 Å². The highest BCUT2D eigenvalue weighted by Gasteiger charge is 2.24. The summed E-state index contributed by atoms with van der Waals surface area (Å²) in [6.07, 6.45) is 0. The lowest BCUT2D eigenvalue weighted by Crippen LogP contribution is -2.14. The van der Waals surface area contributed by atoms with E-state index < -0.39 is 5.97 Å². The van der Waals surface area contributed by atoms with Crippen molar-refractivity contribution in [2.24, 2.45) is 0 Å². The Morgan fingerprint density at radius 2 is 1.49 bits per heavy atom. The summed E-state index contributed by atoms with van der Waals surface area (Å²) in [6.45, 7) is 0.882. The molecular weight excluding hydrogens is 442 g/mol. The highest BCUT2D eigenvalue weighted by atomic mass is 16.5. The standard InChI is InChI=1S/C29H25NO5/c1-33-22-15-13-20(14-16-22)19-30-25-11-5-4-10-24(25)28(27(30)29(31)32)35-18-17-34-26-12-6-8-21-7-2-3-9-23(21)26/h2-16H,17-19H2,1H3,(H,31,32). The van der Waals surface area contributed by atoms with Crippen LogP contribution in [0.5, 0.6) is 17.2 Å². The van der Waals surface area contributed by atoms with Crippen molar-refractivity contribution in [3.63, 3.8) is 0 Å². The largest absolute Gasteiger partial charge is 0.497 e. The zero-order chi connectivity index (χ0) is 24.2. The number of nitrogens with zero attached hydrogens (tertiary/aromatic N) is 1. The molecule has 1 aromatic heterocycles. The number of carboxylic acids is 1. The minimum Gasteiger partial charge on any atom is -0.497 e. The molecule has 0 spiro atoms. The molecule has 5 rings (SSSR count). The third-order valence-corrected chi connectivity index (χ3v) is 5.96. The van der Waals surface area contributed by atoms with Crippen molar-refractivity contribution in [3.05, 3.63) is 102 Å². The maximum atomic E-state index is 12.4. The van der Waals surface area contributed by atoms with Gasteiger partial charge in [-0.2, -0.15) is 0 Å². The number of aromatic carboxylic acids is 1. The summed E-state index contributed by atoms with van der Waals surface area (Å²) in [5.41, 5.74) is 1.87. The summed E-state index contributed by atoms with van der Waals surface area (Å²) < 4.78 is 19.1. The van der Waals surface area contributed by atoms with Gasteiger partial charge in [-0.15, -0.1) is 0 Å². The number of benzene rings is 4. The van der Waals surface area contributed by atoms with Crippen molar-refractivity contribution in [2.45, 2.75) is 6.54 Å². The molecule has 6 heteroatoms. The van der Waals surface area contributed by atoms with Gasteiger partial charge in [0, 0.05) is 17.3 Å². The number of aromatic nitrogens is 1. The van der Waals surface area contributed by atoms with Crippen LogP contribution in [0.1, 0.15) is 16.1 Å². The first-order chi connectivity index (χ1) is 17.2. The summed E-state index contributed by atoms with van der Waals surface area (Å²) in [4.78, 5) is 12.4. The highest BCUT2D eigenvalue weighted by molar-refractivity contribution is 6.01. The Bertz CT molecular complexity index is 1480. The molecular formula is C29H25NO5. The van der Waals surface area contributed by atoms with Crippen LogP contribution in [-0.2, 0) is 6.54 Å². The topological polar surface area (TPSA) is 69.9 Å². The third-order valence-electron chi connectivity index (χ3n) is 5.96. The number of ether oxygens (including phenoxy) is 3. The van der Waals surface area contributed by atoms with Gasteiger partial charge in [0.25, 0.3) is 0 Å². The van der Waals surface area contributed by atoms with Crippen LogP contribution in [-0.4, -0.2) is 36.0 Å². The maximum Gasteiger partial charge on any atom is 0.356 e. The predicted molar refractivity (Wildman–Crippen MR) is 136 cm³/mol. The molecule has 1 heterocycles. The molecule has 0 saturated carbocycles. The monoisotopic (exact) mass is 467 g/mol. The number of para-hydroxylation sites is 1. The van der Waals surface area contributed by atoms with Gasteiger partial charge in [-0.3, -0.25) is 0 Å². The summed E-state index contributed by atoms with van der Waals surface area (Å²) in [6, 6.07) is 29.1. The van der Waals surface area contributed by atoms with Crippen LogP contribution in [0.4, 0.5) is 0 Å². The van der Waals surface area contributed by atoms with Crippen molar-refractivity contribution in [2.75, 3.05) is 20.3 Å². The first-order valence-corrected chi connectivity index (χ1v) is 11.4. The number of hydrogen-bond acceptors (Lipinski definition) is 4. The number of hydrogen-bond donors (Lipinski definition) is 1. The van der Waals surface area contributed by atoms with E-state index in [0.717, 1.165) is 38.7 Å². The van der Waals surface area contributed by atoms with Gasteiger partial charge >= 0.3 is 5.97 Å². The van der Waals surface area contributed by atoms with E-state index in [1.54, 1.807) is 11.7 Å².